The van der Waals surface area contributed by atoms with Crippen LogP contribution in [0, 0.1) is 6.92 Å². The molecule has 0 spiro atoms. The molecule has 0 aliphatic carbocycles. The van der Waals surface area contributed by atoms with Gasteiger partial charge in [-0.25, -0.2) is 0 Å². The largest absolute Gasteiger partial charge is 0.213 e. The van der Waals surface area contributed by atoms with Crippen LogP contribution in [0.25, 0.3) is 16.8 Å². The maximum atomic E-state index is 3.97. The fraction of sp³-hybridized carbons (Fsp3) is 0.250. The molecule has 21 heavy (non-hydrogen) atoms. The zero-order valence-corrected chi connectivity index (χ0v) is 12.9. The van der Waals surface area contributed by atoms with Crippen LogP contribution < -0.4 is 4.57 Å². The maximum Gasteiger partial charge on any atom is 0.213 e. The lowest BCUT2D eigenvalue weighted by molar-refractivity contribution is -0.672. The summed E-state index contributed by atoms with van der Waals surface area (Å²) < 4.78 is 2.32. The first-order valence-corrected chi connectivity index (χ1v) is 7.69. The van der Waals surface area contributed by atoms with E-state index in [2.05, 4.69) is 67.6 Å². The molecule has 1 aliphatic rings. The van der Waals surface area contributed by atoms with Gasteiger partial charge in [-0.15, -0.1) is 0 Å². The summed E-state index contributed by atoms with van der Waals surface area (Å²) in [5, 5.41) is 0. The Morgan fingerprint density at radius 3 is 2.90 bits per heavy atom. The van der Waals surface area contributed by atoms with E-state index in [0.29, 0.717) is 0 Å². The van der Waals surface area contributed by atoms with E-state index in [1.165, 1.54) is 39.9 Å². The lowest BCUT2D eigenvalue weighted by Gasteiger charge is -2.04. The Kier molecular flexibility index (Phi) is 3.74. The lowest BCUT2D eigenvalue weighted by atomic mass is 9.98. The smallest absolute Gasteiger partial charge is 0.194 e. The predicted molar refractivity (Wildman–Crippen MR) is 89.0 cm³/mol. The zero-order valence-electron chi connectivity index (χ0n) is 12.9. The second kappa shape index (κ2) is 5.69. The summed E-state index contributed by atoms with van der Waals surface area (Å²) in [7, 11) is 0. The van der Waals surface area contributed by atoms with Crippen molar-refractivity contribution < 1.29 is 4.57 Å². The van der Waals surface area contributed by atoms with E-state index < -0.39 is 0 Å². The molecule has 1 aliphatic heterocycles. The molecule has 1 aromatic heterocycles. The highest BCUT2D eigenvalue weighted by Gasteiger charge is 2.25. The highest BCUT2D eigenvalue weighted by molar-refractivity contribution is 5.78. The summed E-state index contributed by atoms with van der Waals surface area (Å²) in [6.07, 6.45) is 8.71. The lowest BCUT2D eigenvalue weighted by Crippen LogP contribution is -2.31. The molecule has 1 aromatic carbocycles. The van der Waals surface area contributed by atoms with Gasteiger partial charge in [-0.3, -0.25) is 0 Å². The molecule has 2 heterocycles. The number of aromatic nitrogens is 1. The standard InChI is InChI=1S/C20H22N/c1-4-6-7-16(5-2)17-8-9-18-14-21-11-10-15(3)12-20(21)19(18)13-17/h5,7-13H,2,4,6,14H2,1,3H3/q+1/b16-7+. The quantitative estimate of drug-likeness (QED) is 0.481. The SMILES string of the molecule is C=C/C(=C\CCC)c1ccc2c(c1)-c1cc(C)cc[n+]1C2. The first-order chi connectivity index (χ1) is 10.2. The fourth-order valence-electron chi connectivity index (χ4n) is 2.94. The van der Waals surface area contributed by atoms with Crippen LogP contribution in [0.3, 0.4) is 0 Å². The van der Waals surface area contributed by atoms with Crippen molar-refractivity contribution in [2.24, 2.45) is 0 Å². The Morgan fingerprint density at radius 1 is 1.29 bits per heavy atom. The van der Waals surface area contributed by atoms with E-state index in [1.807, 2.05) is 6.08 Å². The van der Waals surface area contributed by atoms with E-state index in [9.17, 15) is 0 Å². The number of hydrogen-bond donors (Lipinski definition) is 0. The Bertz CT molecular complexity index is 723. The van der Waals surface area contributed by atoms with Gasteiger partial charge in [0.25, 0.3) is 0 Å². The van der Waals surface area contributed by atoms with E-state index in [4.69, 9.17) is 0 Å². The van der Waals surface area contributed by atoms with Crippen LogP contribution in [0.4, 0.5) is 0 Å². The minimum Gasteiger partial charge on any atom is -0.194 e. The first-order valence-electron chi connectivity index (χ1n) is 7.69. The van der Waals surface area contributed by atoms with E-state index in [0.717, 1.165) is 13.0 Å². The molecule has 0 unspecified atom stereocenters. The van der Waals surface area contributed by atoms with Gasteiger partial charge in [0, 0.05) is 17.7 Å². The minimum absolute atomic E-state index is 0.979. The predicted octanol–water partition coefficient (Wildman–Crippen LogP) is 4.68. The summed E-state index contributed by atoms with van der Waals surface area (Å²) in [6, 6.07) is 11.2. The molecule has 106 valence electrons. The second-order valence-corrected chi connectivity index (χ2v) is 5.74. The van der Waals surface area contributed by atoms with Crippen molar-refractivity contribution in [3.63, 3.8) is 0 Å². The van der Waals surface area contributed by atoms with Crippen LogP contribution in [-0.4, -0.2) is 0 Å². The summed E-state index contributed by atoms with van der Waals surface area (Å²) in [4.78, 5) is 0. The van der Waals surface area contributed by atoms with Crippen LogP contribution in [-0.2, 0) is 6.54 Å². The Balaban J connectivity index is 2.07. The highest BCUT2D eigenvalue weighted by Crippen LogP contribution is 2.30. The highest BCUT2D eigenvalue weighted by atomic mass is 15.0. The van der Waals surface area contributed by atoms with E-state index in [-0.39, 0.29) is 0 Å². The van der Waals surface area contributed by atoms with Crippen LogP contribution in [0.2, 0.25) is 0 Å². The third-order valence-electron chi connectivity index (χ3n) is 4.12. The topological polar surface area (TPSA) is 3.88 Å². The molecule has 0 bridgehead atoms. The van der Waals surface area contributed by atoms with E-state index >= 15 is 0 Å². The van der Waals surface area contributed by atoms with Gasteiger partial charge in [-0.1, -0.05) is 44.2 Å². The summed E-state index contributed by atoms with van der Waals surface area (Å²) in [5.74, 6) is 0. The molecular formula is C20H22N+. The van der Waals surface area contributed by atoms with Crippen molar-refractivity contribution in [1.29, 1.82) is 0 Å². The maximum absolute atomic E-state index is 3.97. The second-order valence-electron chi connectivity index (χ2n) is 5.74. The molecule has 1 nitrogen and oxygen atoms in total. The molecule has 3 rings (SSSR count). The van der Waals surface area contributed by atoms with Gasteiger partial charge in [0.2, 0.25) is 5.69 Å². The van der Waals surface area contributed by atoms with Crippen molar-refractivity contribution in [2.45, 2.75) is 33.2 Å². The zero-order chi connectivity index (χ0) is 14.8. The average molecular weight is 276 g/mol. The van der Waals surface area contributed by atoms with Crippen LogP contribution in [0.1, 0.15) is 36.5 Å². The van der Waals surface area contributed by atoms with E-state index in [1.54, 1.807) is 0 Å². The van der Waals surface area contributed by atoms with Crippen molar-refractivity contribution in [3.05, 3.63) is 72.0 Å². The molecule has 0 radical (unpaired) electrons. The number of aryl methyl sites for hydroxylation is 1. The van der Waals surface area contributed by atoms with Gasteiger partial charge in [-0.2, -0.15) is 4.57 Å². The number of hydrogen-bond acceptors (Lipinski definition) is 0. The van der Waals surface area contributed by atoms with Crippen molar-refractivity contribution in [3.8, 4) is 11.3 Å². The molecule has 0 N–H and O–H groups in total. The monoisotopic (exact) mass is 276 g/mol. The third-order valence-corrected chi connectivity index (χ3v) is 4.12. The van der Waals surface area contributed by atoms with Crippen molar-refractivity contribution in [2.75, 3.05) is 0 Å². The van der Waals surface area contributed by atoms with Crippen molar-refractivity contribution in [1.82, 2.24) is 0 Å². The van der Waals surface area contributed by atoms with Crippen LogP contribution in [0.5, 0.6) is 0 Å². The number of fused-ring (bicyclic) bond motifs is 3. The molecule has 2 aromatic rings. The molecular weight excluding hydrogens is 254 g/mol. The third kappa shape index (κ3) is 2.56. The molecule has 1 heteroatoms. The molecule has 0 saturated carbocycles. The van der Waals surface area contributed by atoms with Crippen LogP contribution in [0.15, 0.2) is 55.3 Å². The van der Waals surface area contributed by atoms with Gasteiger partial charge in [0.05, 0.1) is 5.56 Å². The fourth-order valence-corrected chi connectivity index (χ4v) is 2.94. The number of allylic oxidation sites excluding steroid dienone is 3. The minimum atomic E-state index is 0.979. The summed E-state index contributed by atoms with van der Waals surface area (Å²) >= 11 is 0. The average Bonchev–Trinajstić information content (AvgIpc) is 2.85. The van der Waals surface area contributed by atoms with Crippen molar-refractivity contribution >= 4 is 5.57 Å². The molecule has 0 atom stereocenters. The van der Waals surface area contributed by atoms with Gasteiger partial charge in [-0.05, 0) is 36.1 Å². The summed E-state index contributed by atoms with van der Waals surface area (Å²) in [6.45, 7) is 9.30. The summed E-state index contributed by atoms with van der Waals surface area (Å²) in [5.41, 5.74) is 7.91. The van der Waals surface area contributed by atoms with Gasteiger partial charge in [0.15, 0.2) is 12.7 Å². The molecule has 0 saturated heterocycles. The molecule has 0 fully saturated rings. The van der Waals surface area contributed by atoms with Crippen LogP contribution >= 0.6 is 0 Å². The number of nitrogens with zero attached hydrogens (tertiary/aromatic N) is 1. The number of unbranched alkanes of at least 4 members (excludes halogenated alkanes) is 1. The number of benzene rings is 1. The Hall–Kier alpha value is -2.15. The Labute approximate surface area is 127 Å². The number of pyridine rings is 1. The normalized spacial score (nSPS) is 13.0. The molecule has 0 amide bonds. The first kappa shape index (κ1) is 13.8. The Morgan fingerprint density at radius 2 is 2.14 bits per heavy atom. The van der Waals surface area contributed by atoms with Gasteiger partial charge in [0.1, 0.15) is 0 Å². The number of rotatable bonds is 4. The van der Waals surface area contributed by atoms with Gasteiger partial charge < -0.3 is 0 Å². The van der Waals surface area contributed by atoms with Gasteiger partial charge >= 0.3 is 0 Å².